The van der Waals surface area contributed by atoms with Crippen LogP contribution in [-0.4, -0.2) is 44.0 Å². The predicted molar refractivity (Wildman–Crippen MR) is 137 cm³/mol. The number of amides is 2. The molecule has 1 aliphatic rings. The summed E-state index contributed by atoms with van der Waals surface area (Å²) in [6, 6.07) is 22.9. The molecule has 3 aromatic rings. The fourth-order valence-corrected chi connectivity index (χ4v) is 4.24. The molecule has 0 spiro atoms. The maximum atomic E-state index is 13.0. The van der Waals surface area contributed by atoms with Crippen molar-refractivity contribution in [2.24, 2.45) is 5.92 Å². The lowest BCUT2D eigenvalue weighted by Gasteiger charge is -2.31. The number of piperidine rings is 1. The van der Waals surface area contributed by atoms with Crippen LogP contribution >= 0.6 is 0 Å². The first kappa shape index (κ1) is 25.1. The Morgan fingerprint density at radius 2 is 1.47 bits per heavy atom. The number of nitrogens with one attached hydrogen (secondary N) is 1. The first-order chi connectivity index (χ1) is 17.6. The monoisotopic (exact) mass is 488 g/mol. The van der Waals surface area contributed by atoms with E-state index in [0.29, 0.717) is 56.1 Å². The van der Waals surface area contributed by atoms with E-state index in [1.54, 1.807) is 37.3 Å². The van der Waals surface area contributed by atoms with Gasteiger partial charge in [0, 0.05) is 37.2 Å². The molecule has 7 nitrogen and oxygen atoms in total. The molecule has 1 N–H and O–H groups in total. The van der Waals surface area contributed by atoms with Crippen LogP contribution < -0.4 is 19.5 Å². The summed E-state index contributed by atoms with van der Waals surface area (Å²) in [6.07, 6.45) is 1.26. The van der Waals surface area contributed by atoms with Crippen LogP contribution in [-0.2, 0) is 17.9 Å². The van der Waals surface area contributed by atoms with Gasteiger partial charge in [0.2, 0.25) is 5.91 Å². The number of ether oxygens (including phenoxy) is 3. The second kappa shape index (κ2) is 12.1. The van der Waals surface area contributed by atoms with Gasteiger partial charge in [0.15, 0.2) is 0 Å². The molecule has 1 saturated heterocycles. The van der Waals surface area contributed by atoms with Crippen molar-refractivity contribution in [2.75, 3.05) is 27.3 Å². The highest BCUT2D eigenvalue weighted by Gasteiger charge is 2.28. The van der Waals surface area contributed by atoms with Crippen molar-refractivity contribution in [1.29, 1.82) is 0 Å². The molecule has 0 unspecified atom stereocenters. The van der Waals surface area contributed by atoms with E-state index in [1.807, 2.05) is 54.6 Å². The minimum Gasteiger partial charge on any atom is -0.497 e. The normalized spacial score (nSPS) is 13.7. The molecular formula is C29H32N2O5. The van der Waals surface area contributed by atoms with Gasteiger partial charge >= 0.3 is 0 Å². The molecule has 4 rings (SSSR count). The molecular weight excluding hydrogens is 456 g/mol. The van der Waals surface area contributed by atoms with Gasteiger partial charge in [-0.25, -0.2) is 0 Å². The van der Waals surface area contributed by atoms with Crippen LogP contribution in [0.25, 0.3) is 0 Å². The Morgan fingerprint density at radius 3 is 2.08 bits per heavy atom. The van der Waals surface area contributed by atoms with E-state index < -0.39 is 0 Å². The number of methoxy groups -OCH3 is 2. The van der Waals surface area contributed by atoms with Crippen molar-refractivity contribution >= 4 is 11.8 Å². The molecule has 3 aromatic carbocycles. The molecule has 2 amide bonds. The molecule has 36 heavy (non-hydrogen) atoms. The molecule has 7 heteroatoms. The quantitative estimate of drug-likeness (QED) is 0.482. The highest BCUT2D eigenvalue weighted by Crippen LogP contribution is 2.25. The second-order valence-corrected chi connectivity index (χ2v) is 8.80. The number of carbonyl (C=O) groups is 2. The zero-order valence-electron chi connectivity index (χ0n) is 20.7. The lowest BCUT2D eigenvalue weighted by atomic mass is 9.95. The van der Waals surface area contributed by atoms with E-state index >= 15 is 0 Å². The van der Waals surface area contributed by atoms with Crippen LogP contribution in [0, 0.1) is 5.92 Å². The summed E-state index contributed by atoms with van der Waals surface area (Å²) in [5.41, 5.74) is 2.64. The smallest absolute Gasteiger partial charge is 0.254 e. The minimum absolute atomic E-state index is 0.0227. The van der Waals surface area contributed by atoms with Crippen molar-refractivity contribution in [3.63, 3.8) is 0 Å². The van der Waals surface area contributed by atoms with Gasteiger partial charge < -0.3 is 24.4 Å². The van der Waals surface area contributed by atoms with E-state index in [4.69, 9.17) is 14.2 Å². The summed E-state index contributed by atoms with van der Waals surface area (Å²) in [4.78, 5) is 27.5. The van der Waals surface area contributed by atoms with E-state index in [-0.39, 0.29) is 17.7 Å². The molecule has 0 atom stereocenters. The average Bonchev–Trinajstić information content (AvgIpc) is 2.95. The Hall–Kier alpha value is -4.00. The Labute approximate surface area is 212 Å². The van der Waals surface area contributed by atoms with Crippen molar-refractivity contribution in [2.45, 2.75) is 26.0 Å². The van der Waals surface area contributed by atoms with Crippen molar-refractivity contribution in [3.05, 3.63) is 89.5 Å². The van der Waals surface area contributed by atoms with Gasteiger partial charge in [-0.05, 0) is 48.2 Å². The van der Waals surface area contributed by atoms with Gasteiger partial charge in [0.05, 0.1) is 14.2 Å². The molecule has 0 aromatic heterocycles. The van der Waals surface area contributed by atoms with Gasteiger partial charge in [-0.15, -0.1) is 0 Å². The van der Waals surface area contributed by atoms with Crippen LogP contribution in [0.3, 0.4) is 0 Å². The van der Waals surface area contributed by atoms with Crippen molar-refractivity contribution < 1.29 is 23.8 Å². The van der Waals surface area contributed by atoms with Crippen LogP contribution in [0.2, 0.25) is 0 Å². The molecule has 1 fully saturated rings. The molecule has 0 saturated carbocycles. The number of hydrogen-bond acceptors (Lipinski definition) is 5. The Morgan fingerprint density at radius 1 is 0.833 bits per heavy atom. The number of likely N-dealkylation sites (tertiary alicyclic amines) is 1. The third-order valence-corrected chi connectivity index (χ3v) is 6.39. The van der Waals surface area contributed by atoms with Crippen LogP contribution in [0.1, 0.15) is 34.3 Å². The highest BCUT2D eigenvalue weighted by molar-refractivity contribution is 5.95. The van der Waals surface area contributed by atoms with Crippen molar-refractivity contribution in [3.8, 4) is 17.2 Å². The minimum atomic E-state index is -0.109. The fraction of sp³-hybridized carbons (Fsp3) is 0.310. The number of rotatable bonds is 9. The first-order valence-corrected chi connectivity index (χ1v) is 12.1. The van der Waals surface area contributed by atoms with Crippen LogP contribution in [0.4, 0.5) is 0 Å². The third-order valence-electron chi connectivity index (χ3n) is 6.39. The van der Waals surface area contributed by atoms with E-state index in [0.717, 1.165) is 16.9 Å². The van der Waals surface area contributed by atoms with Gasteiger partial charge in [-0.3, -0.25) is 9.59 Å². The summed E-state index contributed by atoms with van der Waals surface area (Å²) in [6.45, 7) is 2.04. The zero-order chi connectivity index (χ0) is 25.3. The topological polar surface area (TPSA) is 77.1 Å². The van der Waals surface area contributed by atoms with Gasteiger partial charge in [0.1, 0.15) is 23.9 Å². The Balaban J connectivity index is 1.23. The van der Waals surface area contributed by atoms with Gasteiger partial charge in [-0.2, -0.15) is 0 Å². The number of carbonyl (C=O) groups excluding carboxylic acids is 2. The summed E-state index contributed by atoms with van der Waals surface area (Å²) in [5, 5.41) is 3.04. The molecule has 0 aliphatic carbocycles. The molecule has 0 bridgehead atoms. The number of hydrogen-bond donors (Lipinski definition) is 1. The van der Waals surface area contributed by atoms with E-state index in [2.05, 4.69) is 5.32 Å². The van der Waals surface area contributed by atoms with Crippen LogP contribution in [0.5, 0.6) is 17.2 Å². The largest absolute Gasteiger partial charge is 0.497 e. The number of benzene rings is 3. The maximum absolute atomic E-state index is 13.0. The Bertz CT molecular complexity index is 1130. The summed E-state index contributed by atoms with van der Waals surface area (Å²) < 4.78 is 16.4. The highest BCUT2D eigenvalue weighted by atomic mass is 16.5. The summed E-state index contributed by atoms with van der Waals surface area (Å²) in [5.74, 6) is 1.77. The standard InChI is InChI=1S/C29H32N2O5/c1-34-26-16-24(17-27(18-26)35-2)29(33)31-14-12-23(13-15-31)28(32)30-19-21-8-10-25(11-9-21)36-20-22-6-4-3-5-7-22/h3-11,16-18,23H,12-15,19-20H2,1-2H3,(H,30,32). The summed E-state index contributed by atoms with van der Waals surface area (Å²) >= 11 is 0. The predicted octanol–water partition coefficient (Wildman–Crippen LogP) is 4.45. The third kappa shape index (κ3) is 6.56. The SMILES string of the molecule is COc1cc(OC)cc(C(=O)N2CCC(C(=O)NCc3ccc(OCc4ccccc4)cc3)CC2)c1. The maximum Gasteiger partial charge on any atom is 0.254 e. The summed E-state index contributed by atoms with van der Waals surface area (Å²) in [7, 11) is 3.11. The van der Waals surface area contributed by atoms with E-state index in [9.17, 15) is 9.59 Å². The molecule has 1 aliphatic heterocycles. The van der Waals surface area contributed by atoms with Gasteiger partial charge in [0.25, 0.3) is 5.91 Å². The molecule has 1 heterocycles. The van der Waals surface area contributed by atoms with Gasteiger partial charge in [-0.1, -0.05) is 42.5 Å². The van der Waals surface area contributed by atoms with E-state index in [1.165, 1.54) is 0 Å². The first-order valence-electron chi connectivity index (χ1n) is 12.1. The fourth-order valence-electron chi connectivity index (χ4n) is 4.24. The average molecular weight is 489 g/mol. The second-order valence-electron chi connectivity index (χ2n) is 8.80. The Kier molecular flexibility index (Phi) is 8.44. The van der Waals surface area contributed by atoms with Crippen molar-refractivity contribution in [1.82, 2.24) is 10.2 Å². The zero-order valence-corrected chi connectivity index (χ0v) is 20.7. The number of nitrogens with zero attached hydrogens (tertiary/aromatic N) is 1. The molecule has 188 valence electrons. The lowest BCUT2D eigenvalue weighted by Crippen LogP contribution is -2.42. The lowest BCUT2D eigenvalue weighted by molar-refractivity contribution is -0.126. The molecule has 0 radical (unpaired) electrons. The van der Waals surface area contributed by atoms with Crippen LogP contribution in [0.15, 0.2) is 72.8 Å².